The van der Waals surface area contributed by atoms with E-state index in [4.69, 9.17) is 0 Å². The minimum atomic E-state index is -0.755. The Morgan fingerprint density at radius 1 is 1.48 bits per heavy atom. The van der Waals surface area contributed by atoms with Crippen LogP contribution in [0.15, 0.2) is 12.1 Å². The Hall–Kier alpha value is -2.18. The first-order chi connectivity index (χ1) is 10.0. The number of rotatable bonds is 7. The van der Waals surface area contributed by atoms with Crippen molar-refractivity contribution in [1.82, 2.24) is 5.32 Å². The fourth-order valence-electron chi connectivity index (χ4n) is 2.18. The molecule has 1 aromatic rings. The molecular weight excluding hydrogens is 277 g/mol. The van der Waals surface area contributed by atoms with Crippen molar-refractivity contribution in [3.05, 3.63) is 33.6 Å². The molecule has 7 heteroatoms. The smallest absolute Gasteiger partial charge is 0.285 e. The van der Waals surface area contributed by atoms with E-state index in [1.165, 1.54) is 26.0 Å². The lowest BCUT2D eigenvalue weighted by atomic mass is 10.1. The molecule has 0 heterocycles. The van der Waals surface area contributed by atoms with Gasteiger partial charge in [-0.2, -0.15) is 0 Å². The molecule has 0 spiro atoms. The summed E-state index contributed by atoms with van der Waals surface area (Å²) in [7, 11) is 1.49. The molecule has 1 aliphatic carbocycles. The van der Waals surface area contributed by atoms with Crippen LogP contribution in [0.4, 0.5) is 15.8 Å². The van der Waals surface area contributed by atoms with Crippen molar-refractivity contribution in [2.45, 2.75) is 25.7 Å². The zero-order valence-electron chi connectivity index (χ0n) is 11.8. The van der Waals surface area contributed by atoms with Gasteiger partial charge in [-0.15, -0.1) is 0 Å². The highest BCUT2D eigenvalue weighted by Gasteiger charge is 2.24. The van der Waals surface area contributed by atoms with Crippen LogP contribution in [-0.2, 0) is 0 Å². The summed E-state index contributed by atoms with van der Waals surface area (Å²) >= 11 is 0. The van der Waals surface area contributed by atoms with Crippen molar-refractivity contribution < 1.29 is 14.1 Å². The van der Waals surface area contributed by atoms with E-state index in [1.807, 2.05) is 0 Å². The summed E-state index contributed by atoms with van der Waals surface area (Å²) in [6, 6.07) is 1.94. The Morgan fingerprint density at radius 3 is 2.76 bits per heavy atom. The van der Waals surface area contributed by atoms with E-state index < -0.39 is 22.3 Å². The normalized spacial score (nSPS) is 13.8. The Kier molecular flexibility index (Phi) is 4.72. The highest BCUT2D eigenvalue weighted by atomic mass is 19.1. The van der Waals surface area contributed by atoms with Gasteiger partial charge in [0.1, 0.15) is 5.56 Å². The van der Waals surface area contributed by atoms with Crippen LogP contribution in [0, 0.1) is 21.8 Å². The molecule has 0 aromatic heterocycles. The number of anilines is 1. The molecule has 114 valence electrons. The van der Waals surface area contributed by atoms with Crippen LogP contribution in [0.3, 0.4) is 0 Å². The first-order valence-corrected chi connectivity index (χ1v) is 6.96. The molecule has 6 nitrogen and oxygen atoms in total. The van der Waals surface area contributed by atoms with Crippen LogP contribution in [0.1, 0.15) is 36.0 Å². The molecule has 0 atom stereocenters. The van der Waals surface area contributed by atoms with Crippen molar-refractivity contribution >= 4 is 17.3 Å². The summed E-state index contributed by atoms with van der Waals surface area (Å²) in [6.07, 6.45) is 4.42. The van der Waals surface area contributed by atoms with Crippen LogP contribution in [-0.4, -0.2) is 24.4 Å². The molecule has 1 aliphatic rings. The maximum atomic E-state index is 13.6. The molecular formula is C14H18FN3O3. The summed E-state index contributed by atoms with van der Waals surface area (Å²) in [6.45, 7) is 0.471. The van der Waals surface area contributed by atoms with E-state index in [-0.39, 0.29) is 11.3 Å². The molecule has 0 saturated heterocycles. The fourth-order valence-corrected chi connectivity index (χ4v) is 2.18. The minimum Gasteiger partial charge on any atom is -0.386 e. The third-order valence-corrected chi connectivity index (χ3v) is 3.57. The largest absolute Gasteiger partial charge is 0.386 e. The molecule has 2 N–H and O–H groups in total. The SMILES string of the molecule is CNc1cc(C(=O)NCCCC2CC2)c([N+](=O)[O-])cc1F. The van der Waals surface area contributed by atoms with Crippen LogP contribution in [0.5, 0.6) is 0 Å². The Labute approximate surface area is 121 Å². The van der Waals surface area contributed by atoms with Crippen LogP contribution in [0.25, 0.3) is 0 Å². The van der Waals surface area contributed by atoms with Gasteiger partial charge in [-0.1, -0.05) is 12.8 Å². The van der Waals surface area contributed by atoms with Gasteiger partial charge in [-0.05, 0) is 24.8 Å². The first-order valence-electron chi connectivity index (χ1n) is 6.96. The van der Waals surface area contributed by atoms with Gasteiger partial charge in [-0.25, -0.2) is 4.39 Å². The number of hydrogen-bond acceptors (Lipinski definition) is 4. The number of carbonyl (C=O) groups is 1. The van der Waals surface area contributed by atoms with Gasteiger partial charge < -0.3 is 10.6 Å². The van der Waals surface area contributed by atoms with Gasteiger partial charge in [0, 0.05) is 13.6 Å². The lowest BCUT2D eigenvalue weighted by molar-refractivity contribution is -0.385. The van der Waals surface area contributed by atoms with E-state index in [0.717, 1.165) is 24.8 Å². The first kappa shape index (κ1) is 15.2. The molecule has 21 heavy (non-hydrogen) atoms. The van der Waals surface area contributed by atoms with Crippen molar-refractivity contribution in [3.63, 3.8) is 0 Å². The average molecular weight is 295 g/mol. The summed E-state index contributed by atoms with van der Waals surface area (Å²) < 4.78 is 13.6. The molecule has 0 unspecified atom stereocenters. The zero-order valence-corrected chi connectivity index (χ0v) is 11.8. The number of nitro groups is 1. The summed E-state index contributed by atoms with van der Waals surface area (Å²) in [4.78, 5) is 22.2. The number of halogens is 1. The van der Waals surface area contributed by atoms with Crippen LogP contribution < -0.4 is 10.6 Å². The molecule has 0 bridgehead atoms. The highest BCUT2D eigenvalue weighted by Crippen LogP contribution is 2.33. The monoisotopic (exact) mass is 295 g/mol. The maximum absolute atomic E-state index is 13.6. The summed E-state index contributed by atoms with van der Waals surface area (Å²) in [5, 5.41) is 16.2. The van der Waals surface area contributed by atoms with Gasteiger partial charge in [0.05, 0.1) is 16.7 Å². The van der Waals surface area contributed by atoms with E-state index in [2.05, 4.69) is 10.6 Å². The van der Waals surface area contributed by atoms with Gasteiger partial charge >= 0.3 is 0 Å². The van der Waals surface area contributed by atoms with E-state index in [9.17, 15) is 19.3 Å². The van der Waals surface area contributed by atoms with Crippen LogP contribution in [0.2, 0.25) is 0 Å². The van der Waals surface area contributed by atoms with Crippen molar-refractivity contribution in [3.8, 4) is 0 Å². The zero-order chi connectivity index (χ0) is 15.4. The second-order valence-corrected chi connectivity index (χ2v) is 5.20. The number of carbonyl (C=O) groups excluding carboxylic acids is 1. The number of amides is 1. The van der Waals surface area contributed by atoms with E-state index >= 15 is 0 Å². The molecule has 1 amide bonds. The van der Waals surface area contributed by atoms with Gasteiger partial charge in [0.2, 0.25) is 0 Å². The Morgan fingerprint density at radius 2 is 2.19 bits per heavy atom. The maximum Gasteiger partial charge on any atom is 0.285 e. The summed E-state index contributed by atoms with van der Waals surface area (Å²) in [5.41, 5.74) is -0.591. The summed E-state index contributed by atoms with van der Waals surface area (Å²) in [5.74, 6) is -0.526. The second-order valence-electron chi connectivity index (χ2n) is 5.20. The number of hydrogen-bond donors (Lipinski definition) is 2. The number of nitrogens with one attached hydrogen (secondary N) is 2. The molecule has 0 aliphatic heterocycles. The average Bonchev–Trinajstić information content (AvgIpc) is 3.27. The standard InChI is InChI=1S/C14H18FN3O3/c1-16-12-7-10(13(18(20)21)8-11(12)15)14(19)17-6-2-3-9-4-5-9/h7-9,16H,2-6H2,1H3,(H,17,19). The van der Waals surface area contributed by atoms with Crippen molar-refractivity contribution in [2.24, 2.45) is 5.92 Å². The minimum absolute atomic E-state index is 0.0590. The third-order valence-electron chi connectivity index (χ3n) is 3.57. The topological polar surface area (TPSA) is 84.3 Å². The Bertz CT molecular complexity index is 559. The number of benzene rings is 1. The predicted octanol–water partition coefficient (Wildman–Crippen LogP) is 2.70. The third kappa shape index (κ3) is 3.90. The van der Waals surface area contributed by atoms with E-state index in [0.29, 0.717) is 6.54 Å². The van der Waals surface area contributed by atoms with Gasteiger partial charge in [-0.3, -0.25) is 14.9 Å². The second kappa shape index (κ2) is 6.51. The number of nitrogens with zero attached hydrogens (tertiary/aromatic N) is 1. The van der Waals surface area contributed by atoms with Crippen molar-refractivity contribution in [1.29, 1.82) is 0 Å². The fraction of sp³-hybridized carbons (Fsp3) is 0.500. The molecule has 1 fully saturated rings. The molecule has 0 radical (unpaired) electrons. The van der Waals surface area contributed by atoms with Crippen molar-refractivity contribution in [2.75, 3.05) is 18.9 Å². The highest BCUT2D eigenvalue weighted by molar-refractivity contribution is 5.99. The lowest BCUT2D eigenvalue weighted by Gasteiger charge is -2.08. The van der Waals surface area contributed by atoms with Gasteiger partial charge in [0.25, 0.3) is 11.6 Å². The number of nitro benzene ring substituents is 1. The predicted molar refractivity (Wildman–Crippen MR) is 76.9 cm³/mol. The van der Waals surface area contributed by atoms with E-state index in [1.54, 1.807) is 0 Å². The lowest BCUT2D eigenvalue weighted by Crippen LogP contribution is -2.25. The molecule has 1 aromatic carbocycles. The quantitative estimate of drug-likeness (QED) is 0.460. The van der Waals surface area contributed by atoms with Gasteiger partial charge in [0.15, 0.2) is 5.82 Å². The molecule has 2 rings (SSSR count). The Balaban J connectivity index is 2.07. The molecule has 1 saturated carbocycles. The van der Waals surface area contributed by atoms with Crippen LogP contribution >= 0.6 is 0 Å².